The zero-order valence-corrected chi connectivity index (χ0v) is 17.2. The van der Waals surface area contributed by atoms with Crippen LogP contribution in [0.3, 0.4) is 0 Å². The highest BCUT2D eigenvalue weighted by Crippen LogP contribution is 2.23. The summed E-state index contributed by atoms with van der Waals surface area (Å²) in [6.45, 7) is 1.96. The number of nitrogens with one attached hydrogen (secondary N) is 2. The van der Waals surface area contributed by atoms with Crippen LogP contribution in [0.5, 0.6) is 5.75 Å². The van der Waals surface area contributed by atoms with Crippen LogP contribution < -0.4 is 15.6 Å². The van der Waals surface area contributed by atoms with Gasteiger partial charge in [-0.25, -0.2) is 14.5 Å². The molecule has 0 radical (unpaired) electrons. The largest absolute Gasteiger partial charge is 0.497 e. The van der Waals surface area contributed by atoms with E-state index < -0.39 is 0 Å². The number of hydrogen-bond acceptors (Lipinski definition) is 6. The summed E-state index contributed by atoms with van der Waals surface area (Å²) in [4.78, 5) is 33.2. The summed E-state index contributed by atoms with van der Waals surface area (Å²) in [5.74, 6) is 1.14. The number of aromatic nitrogens is 4. The van der Waals surface area contributed by atoms with Crippen molar-refractivity contribution in [2.45, 2.75) is 12.1 Å². The van der Waals surface area contributed by atoms with Crippen molar-refractivity contribution >= 4 is 29.0 Å². The van der Waals surface area contributed by atoms with Gasteiger partial charge in [0.1, 0.15) is 5.75 Å². The number of hydrogen-bond donors (Lipinski definition) is 2. The molecule has 0 spiro atoms. The number of carbonyl (C=O) groups is 1. The lowest BCUT2D eigenvalue weighted by atomic mass is 10.2. The SMILES string of the molecule is COc1ccc(-c2nc(SCC(=O)Nc3cccc(C)c3)n3[nH]c(=O)cc3n2)cc1. The summed E-state index contributed by atoms with van der Waals surface area (Å²) in [5, 5.41) is 6.00. The van der Waals surface area contributed by atoms with Gasteiger partial charge in [-0.3, -0.25) is 14.7 Å². The number of aromatic amines is 1. The van der Waals surface area contributed by atoms with Gasteiger partial charge in [0, 0.05) is 17.3 Å². The van der Waals surface area contributed by atoms with Crippen molar-refractivity contribution in [2.24, 2.45) is 0 Å². The molecule has 2 N–H and O–H groups in total. The molecule has 0 bridgehead atoms. The van der Waals surface area contributed by atoms with E-state index >= 15 is 0 Å². The Morgan fingerprint density at radius 2 is 1.97 bits per heavy atom. The van der Waals surface area contributed by atoms with E-state index in [-0.39, 0.29) is 17.2 Å². The molecule has 0 aliphatic rings. The maximum absolute atomic E-state index is 12.4. The Morgan fingerprint density at radius 1 is 1.17 bits per heavy atom. The molecule has 152 valence electrons. The van der Waals surface area contributed by atoms with Gasteiger partial charge in [-0.1, -0.05) is 23.9 Å². The molecule has 0 aliphatic heterocycles. The second-order valence-electron chi connectivity index (χ2n) is 6.58. The zero-order valence-electron chi connectivity index (χ0n) is 16.4. The molecule has 30 heavy (non-hydrogen) atoms. The minimum Gasteiger partial charge on any atom is -0.497 e. The fraction of sp³-hybridized carbons (Fsp3) is 0.143. The first-order valence-corrected chi connectivity index (χ1v) is 10.1. The van der Waals surface area contributed by atoms with Crippen LogP contribution in [0.2, 0.25) is 0 Å². The average Bonchev–Trinajstić information content (AvgIpc) is 3.12. The van der Waals surface area contributed by atoms with E-state index in [4.69, 9.17) is 4.74 Å². The van der Waals surface area contributed by atoms with Crippen molar-refractivity contribution in [1.29, 1.82) is 0 Å². The van der Waals surface area contributed by atoms with E-state index in [1.54, 1.807) is 7.11 Å². The van der Waals surface area contributed by atoms with E-state index in [9.17, 15) is 9.59 Å². The van der Waals surface area contributed by atoms with Gasteiger partial charge in [-0.15, -0.1) is 0 Å². The van der Waals surface area contributed by atoms with Crippen molar-refractivity contribution in [3.8, 4) is 17.1 Å². The van der Waals surface area contributed by atoms with Gasteiger partial charge in [-0.05, 0) is 48.9 Å². The normalized spacial score (nSPS) is 10.9. The number of rotatable bonds is 6. The number of H-pyrrole nitrogens is 1. The summed E-state index contributed by atoms with van der Waals surface area (Å²) >= 11 is 1.22. The lowest BCUT2D eigenvalue weighted by Crippen LogP contribution is -2.15. The molecule has 0 saturated carbocycles. The standard InChI is InChI=1S/C21H19N5O3S/c1-13-4-3-5-15(10-13)22-19(28)12-30-21-24-20(14-6-8-16(29-2)9-7-14)23-17-11-18(27)25-26(17)21/h3-11H,12H2,1-2H3,(H,22,28)(H,25,27). The van der Waals surface area contributed by atoms with Crippen LogP contribution in [0.15, 0.2) is 64.5 Å². The van der Waals surface area contributed by atoms with Gasteiger partial charge in [-0.2, -0.15) is 0 Å². The predicted molar refractivity (Wildman–Crippen MR) is 116 cm³/mol. The Balaban J connectivity index is 1.59. The van der Waals surface area contributed by atoms with Crippen molar-refractivity contribution < 1.29 is 9.53 Å². The van der Waals surface area contributed by atoms with E-state index in [1.807, 2.05) is 55.5 Å². The molecule has 0 fully saturated rings. The quantitative estimate of drug-likeness (QED) is 0.464. The van der Waals surface area contributed by atoms with Gasteiger partial charge in [0.05, 0.1) is 12.9 Å². The molecule has 4 aromatic rings. The number of amides is 1. The van der Waals surface area contributed by atoms with Crippen molar-refractivity contribution in [2.75, 3.05) is 18.2 Å². The lowest BCUT2D eigenvalue weighted by Gasteiger charge is -2.09. The summed E-state index contributed by atoms with van der Waals surface area (Å²) in [6, 6.07) is 16.3. The van der Waals surface area contributed by atoms with Gasteiger partial charge >= 0.3 is 0 Å². The summed E-state index contributed by atoms with van der Waals surface area (Å²) in [7, 11) is 1.60. The Labute approximate surface area is 176 Å². The molecule has 0 atom stereocenters. The van der Waals surface area contributed by atoms with Crippen LogP contribution in [0.4, 0.5) is 5.69 Å². The van der Waals surface area contributed by atoms with Gasteiger partial charge in [0.2, 0.25) is 5.91 Å². The number of ether oxygens (including phenoxy) is 1. The predicted octanol–water partition coefficient (Wildman–Crippen LogP) is 3.13. The molecule has 0 unspecified atom stereocenters. The number of carbonyl (C=O) groups excluding carboxylic acids is 1. The summed E-state index contributed by atoms with van der Waals surface area (Å²) in [6.07, 6.45) is 0. The number of aryl methyl sites for hydroxylation is 1. The maximum Gasteiger partial charge on any atom is 0.266 e. The van der Waals surface area contributed by atoms with E-state index in [0.717, 1.165) is 22.6 Å². The molecule has 0 saturated heterocycles. The number of anilines is 1. The van der Waals surface area contributed by atoms with Crippen molar-refractivity contribution in [3.63, 3.8) is 0 Å². The molecule has 1 amide bonds. The zero-order chi connectivity index (χ0) is 21.1. The number of benzene rings is 2. The third-order valence-electron chi connectivity index (χ3n) is 4.31. The highest BCUT2D eigenvalue weighted by Gasteiger charge is 2.13. The third kappa shape index (κ3) is 4.36. The lowest BCUT2D eigenvalue weighted by molar-refractivity contribution is -0.113. The number of fused-ring (bicyclic) bond motifs is 1. The third-order valence-corrected chi connectivity index (χ3v) is 5.25. The topological polar surface area (TPSA) is 101 Å². The van der Waals surface area contributed by atoms with Crippen LogP contribution in [0, 0.1) is 6.92 Å². The number of thioether (sulfide) groups is 1. The Kier molecular flexibility index (Phi) is 5.53. The first kappa shape index (κ1) is 19.7. The first-order valence-electron chi connectivity index (χ1n) is 9.15. The second-order valence-corrected chi connectivity index (χ2v) is 7.52. The summed E-state index contributed by atoms with van der Waals surface area (Å²) in [5.41, 5.74) is 2.72. The molecule has 2 aromatic carbocycles. The minimum absolute atomic E-state index is 0.127. The van der Waals surface area contributed by atoms with Gasteiger partial charge < -0.3 is 10.1 Å². The molecule has 0 aliphatic carbocycles. The Bertz CT molecular complexity index is 1260. The Hall–Kier alpha value is -3.59. The first-order chi connectivity index (χ1) is 14.5. The highest BCUT2D eigenvalue weighted by atomic mass is 32.2. The number of nitrogens with zero attached hydrogens (tertiary/aromatic N) is 3. The smallest absolute Gasteiger partial charge is 0.266 e. The minimum atomic E-state index is -0.290. The molecule has 2 heterocycles. The van der Waals surface area contributed by atoms with Crippen LogP contribution in [-0.4, -0.2) is 38.4 Å². The molecule has 2 aromatic heterocycles. The van der Waals surface area contributed by atoms with E-state index in [0.29, 0.717) is 16.6 Å². The van der Waals surface area contributed by atoms with Gasteiger partial charge in [0.25, 0.3) is 5.56 Å². The van der Waals surface area contributed by atoms with Crippen LogP contribution in [-0.2, 0) is 4.79 Å². The second kappa shape index (κ2) is 8.42. The average molecular weight is 421 g/mol. The van der Waals surface area contributed by atoms with Gasteiger partial charge in [0.15, 0.2) is 16.6 Å². The monoisotopic (exact) mass is 421 g/mol. The van der Waals surface area contributed by atoms with Crippen molar-refractivity contribution in [3.05, 3.63) is 70.5 Å². The van der Waals surface area contributed by atoms with E-state index in [1.165, 1.54) is 22.3 Å². The van der Waals surface area contributed by atoms with E-state index in [2.05, 4.69) is 20.4 Å². The fourth-order valence-corrected chi connectivity index (χ4v) is 3.65. The fourth-order valence-electron chi connectivity index (χ4n) is 2.90. The highest BCUT2D eigenvalue weighted by molar-refractivity contribution is 7.99. The molecule has 8 nitrogen and oxygen atoms in total. The maximum atomic E-state index is 12.4. The number of methoxy groups -OCH3 is 1. The van der Waals surface area contributed by atoms with Crippen LogP contribution in [0.25, 0.3) is 17.0 Å². The van der Waals surface area contributed by atoms with Crippen molar-refractivity contribution in [1.82, 2.24) is 19.6 Å². The molecular weight excluding hydrogens is 402 g/mol. The summed E-state index contributed by atoms with van der Waals surface area (Å²) < 4.78 is 6.67. The van der Waals surface area contributed by atoms with Crippen LogP contribution in [0.1, 0.15) is 5.56 Å². The molecular formula is C21H19N5O3S. The molecule has 9 heteroatoms. The molecule has 4 rings (SSSR count). The van der Waals surface area contributed by atoms with Crippen LogP contribution >= 0.6 is 11.8 Å². The Morgan fingerprint density at radius 3 is 2.70 bits per heavy atom.